The number of aryl methyl sites for hydroxylation is 1. The van der Waals surface area contributed by atoms with E-state index in [1.807, 2.05) is 28.9 Å². The Morgan fingerprint density at radius 1 is 1.04 bits per heavy atom. The third-order valence-electron chi connectivity index (χ3n) is 6.11. The van der Waals surface area contributed by atoms with Crippen LogP contribution in [-0.2, 0) is 9.59 Å². The number of hydrogen-bond donors (Lipinski definition) is 0. The Hall–Kier alpha value is -1.89. The van der Waals surface area contributed by atoms with Gasteiger partial charge in [0.05, 0.1) is 10.3 Å². The molecule has 0 aromatic carbocycles. The Kier molecular flexibility index (Phi) is 4.29. The molecule has 0 N–H and O–H groups in total. The minimum Gasteiger partial charge on any atom is -0.342 e. The molecule has 3 aliphatic rings. The van der Waals surface area contributed by atoms with Crippen LogP contribution in [0.15, 0.2) is 12.1 Å². The summed E-state index contributed by atoms with van der Waals surface area (Å²) < 4.78 is 0. The molecule has 140 valence electrons. The molecule has 3 aliphatic heterocycles. The van der Waals surface area contributed by atoms with Crippen LogP contribution in [0.2, 0.25) is 0 Å². The molecule has 3 fully saturated rings. The molecule has 0 radical (unpaired) electrons. The minimum atomic E-state index is -0.627. The molecule has 0 bridgehead atoms. The van der Waals surface area contributed by atoms with Crippen molar-refractivity contribution >= 4 is 29.1 Å². The van der Waals surface area contributed by atoms with Gasteiger partial charge in [-0.15, -0.1) is 11.3 Å². The largest absolute Gasteiger partial charge is 0.342 e. The van der Waals surface area contributed by atoms with E-state index >= 15 is 0 Å². The molecule has 2 atom stereocenters. The van der Waals surface area contributed by atoms with Gasteiger partial charge in [-0.05, 0) is 31.9 Å². The zero-order valence-electron chi connectivity index (χ0n) is 15.4. The van der Waals surface area contributed by atoms with Crippen molar-refractivity contribution < 1.29 is 14.4 Å². The van der Waals surface area contributed by atoms with Gasteiger partial charge in [0.25, 0.3) is 5.91 Å². The number of amides is 3. The van der Waals surface area contributed by atoms with Crippen LogP contribution >= 0.6 is 11.3 Å². The van der Waals surface area contributed by atoms with Crippen molar-refractivity contribution in [1.82, 2.24) is 14.7 Å². The molecule has 2 unspecified atom stereocenters. The van der Waals surface area contributed by atoms with E-state index in [9.17, 15) is 14.4 Å². The van der Waals surface area contributed by atoms with Gasteiger partial charge in [0.2, 0.25) is 11.8 Å². The van der Waals surface area contributed by atoms with Gasteiger partial charge in [0, 0.05) is 57.0 Å². The lowest BCUT2D eigenvalue weighted by Crippen LogP contribution is -2.49. The van der Waals surface area contributed by atoms with Gasteiger partial charge in [0.1, 0.15) is 0 Å². The van der Waals surface area contributed by atoms with E-state index in [0.29, 0.717) is 26.2 Å². The number of thiophene rings is 1. The summed E-state index contributed by atoms with van der Waals surface area (Å²) in [5.41, 5.74) is -0.627. The van der Waals surface area contributed by atoms with Crippen molar-refractivity contribution in [1.29, 1.82) is 0 Å². The molecule has 1 aromatic heterocycles. The lowest BCUT2D eigenvalue weighted by Gasteiger charge is -2.32. The molecule has 4 rings (SSSR count). The predicted molar refractivity (Wildman–Crippen MR) is 99.0 cm³/mol. The average molecular weight is 375 g/mol. The summed E-state index contributed by atoms with van der Waals surface area (Å²) in [5, 5.41) is 0. The van der Waals surface area contributed by atoms with E-state index < -0.39 is 5.41 Å². The number of hydrogen-bond acceptors (Lipinski definition) is 4. The summed E-state index contributed by atoms with van der Waals surface area (Å²) in [6, 6.07) is 3.82. The van der Waals surface area contributed by atoms with Crippen LogP contribution in [0.3, 0.4) is 0 Å². The molecule has 4 heterocycles. The number of carbonyl (C=O) groups excluding carboxylic acids is 3. The van der Waals surface area contributed by atoms with Crippen molar-refractivity contribution in [3.63, 3.8) is 0 Å². The Bertz CT molecular complexity index is 755. The second kappa shape index (κ2) is 6.37. The van der Waals surface area contributed by atoms with Crippen molar-refractivity contribution in [2.45, 2.75) is 26.7 Å². The highest BCUT2D eigenvalue weighted by atomic mass is 32.1. The zero-order valence-corrected chi connectivity index (χ0v) is 16.2. The van der Waals surface area contributed by atoms with E-state index in [2.05, 4.69) is 0 Å². The first-order valence-electron chi connectivity index (χ1n) is 9.31. The first-order chi connectivity index (χ1) is 12.4. The van der Waals surface area contributed by atoms with Crippen LogP contribution in [0.5, 0.6) is 0 Å². The maximum atomic E-state index is 13.4. The van der Waals surface area contributed by atoms with Crippen molar-refractivity contribution in [2.75, 3.05) is 39.3 Å². The second-order valence-electron chi connectivity index (χ2n) is 7.85. The molecule has 1 aromatic rings. The first-order valence-corrected chi connectivity index (χ1v) is 10.1. The smallest absolute Gasteiger partial charge is 0.263 e. The number of nitrogens with zero attached hydrogens (tertiary/aromatic N) is 3. The Labute approximate surface area is 157 Å². The van der Waals surface area contributed by atoms with Crippen LogP contribution in [-0.4, -0.2) is 71.7 Å². The molecule has 3 saturated heterocycles. The molecule has 3 amide bonds. The summed E-state index contributed by atoms with van der Waals surface area (Å²) in [6.07, 6.45) is 2.08. The van der Waals surface area contributed by atoms with Crippen molar-refractivity contribution in [3.8, 4) is 0 Å². The maximum absolute atomic E-state index is 13.4. The molecule has 6 nitrogen and oxygen atoms in total. The van der Waals surface area contributed by atoms with Gasteiger partial charge >= 0.3 is 0 Å². The monoisotopic (exact) mass is 375 g/mol. The van der Waals surface area contributed by atoms with Gasteiger partial charge in [0.15, 0.2) is 0 Å². The summed E-state index contributed by atoms with van der Waals surface area (Å²) in [5.74, 6) is 0.200. The van der Waals surface area contributed by atoms with Crippen LogP contribution < -0.4 is 0 Å². The van der Waals surface area contributed by atoms with Gasteiger partial charge in [-0.25, -0.2) is 0 Å². The van der Waals surface area contributed by atoms with Gasteiger partial charge in [-0.1, -0.05) is 0 Å². The number of fused-ring (bicyclic) bond motifs is 1. The molecule has 0 saturated carbocycles. The van der Waals surface area contributed by atoms with Gasteiger partial charge in [-0.2, -0.15) is 0 Å². The molecule has 0 spiro atoms. The SMILES string of the molecule is CC(=O)N1CC2CN(C(=O)c3ccc(C)s3)CC2(C(=O)N2CCCC2)C1. The quantitative estimate of drug-likeness (QED) is 0.789. The fourth-order valence-electron chi connectivity index (χ4n) is 4.70. The predicted octanol–water partition coefficient (Wildman–Crippen LogP) is 1.60. The van der Waals surface area contributed by atoms with E-state index in [0.717, 1.165) is 35.7 Å². The summed E-state index contributed by atoms with van der Waals surface area (Å²) in [6.45, 7) is 7.13. The van der Waals surface area contributed by atoms with Crippen LogP contribution in [0.25, 0.3) is 0 Å². The average Bonchev–Trinajstić information content (AvgIpc) is 3.36. The Morgan fingerprint density at radius 2 is 1.69 bits per heavy atom. The van der Waals surface area contributed by atoms with Crippen molar-refractivity contribution in [2.24, 2.45) is 11.3 Å². The lowest BCUT2D eigenvalue weighted by molar-refractivity contribution is -0.141. The highest BCUT2D eigenvalue weighted by Gasteiger charge is 2.59. The number of carbonyl (C=O) groups is 3. The lowest BCUT2D eigenvalue weighted by atomic mass is 9.79. The fraction of sp³-hybridized carbons (Fsp3) is 0.632. The Balaban J connectivity index is 1.60. The van der Waals surface area contributed by atoms with Crippen LogP contribution in [0.4, 0.5) is 0 Å². The van der Waals surface area contributed by atoms with E-state index in [4.69, 9.17) is 0 Å². The Morgan fingerprint density at radius 3 is 2.31 bits per heavy atom. The normalized spacial score (nSPS) is 27.9. The van der Waals surface area contributed by atoms with Crippen LogP contribution in [0.1, 0.15) is 34.3 Å². The second-order valence-corrected chi connectivity index (χ2v) is 9.14. The molecule has 26 heavy (non-hydrogen) atoms. The third kappa shape index (κ3) is 2.73. The highest BCUT2D eigenvalue weighted by molar-refractivity contribution is 7.13. The molecular weight excluding hydrogens is 350 g/mol. The molecular formula is C19H25N3O3S. The van der Waals surface area contributed by atoms with E-state index in [-0.39, 0.29) is 23.6 Å². The molecule has 0 aliphatic carbocycles. The van der Waals surface area contributed by atoms with E-state index in [1.165, 1.54) is 11.3 Å². The van der Waals surface area contributed by atoms with Gasteiger partial charge < -0.3 is 14.7 Å². The first kappa shape index (κ1) is 17.5. The minimum absolute atomic E-state index is 0.0137. The molecule has 7 heteroatoms. The standard InChI is InChI=1S/C19H25N3O3S/c1-13-5-6-16(26-13)17(24)22-10-15-9-21(14(2)23)11-19(15,12-22)18(25)20-7-3-4-8-20/h5-6,15H,3-4,7-12H2,1-2H3. The summed E-state index contributed by atoms with van der Waals surface area (Å²) >= 11 is 1.50. The van der Waals surface area contributed by atoms with Gasteiger partial charge in [-0.3, -0.25) is 14.4 Å². The highest BCUT2D eigenvalue weighted by Crippen LogP contribution is 2.45. The van der Waals surface area contributed by atoms with E-state index in [1.54, 1.807) is 11.8 Å². The maximum Gasteiger partial charge on any atom is 0.263 e. The number of rotatable bonds is 2. The van der Waals surface area contributed by atoms with Crippen LogP contribution in [0, 0.1) is 18.3 Å². The fourth-order valence-corrected chi connectivity index (χ4v) is 5.54. The number of likely N-dealkylation sites (tertiary alicyclic amines) is 3. The zero-order chi connectivity index (χ0) is 18.5. The van der Waals surface area contributed by atoms with Crippen molar-refractivity contribution in [3.05, 3.63) is 21.9 Å². The summed E-state index contributed by atoms with van der Waals surface area (Å²) in [4.78, 5) is 45.6. The third-order valence-corrected chi connectivity index (χ3v) is 7.10. The summed E-state index contributed by atoms with van der Waals surface area (Å²) in [7, 11) is 0. The topological polar surface area (TPSA) is 60.9 Å².